The van der Waals surface area contributed by atoms with Crippen LogP contribution in [0.2, 0.25) is 0 Å². The highest BCUT2D eigenvalue weighted by Gasteiger charge is 2.14. The van der Waals surface area contributed by atoms with Gasteiger partial charge in [0.1, 0.15) is 0 Å². The molecule has 1 saturated heterocycles. The van der Waals surface area contributed by atoms with Crippen molar-refractivity contribution in [3.8, 4) is 0 Å². The fraction of sp³-hybridized carbons (Fsp3) is 0.818. The summed E-state index contributed by atoms with van der Waals surface area (Å²) in [6, 6.07) is 0. The summed E-state index contributed by atoms with van der Waals surface area (Å²) >= 11 is 4.13. The van der Waals surface area contributed by atoms with E-state index in [0.717, 1.165) is 38.0 Å². The largest absolute Gasteiger partial charge is 0.381 e. The molecular weight excluding hydrogens is 194 g/mol. The molecule has 1 heterocycles. The molecule has 1 rings (SSSR count). The third-order valence-electron chi connectivity index (χ3n) is 2.51. The highest BCUT2D eigenvalue weighted by molar-refractivity contribution is 7.80. The van der Waals surface area contributed by atoms with Crippen LogP contribution in [0.1, 0.15) is 12.8 Å². The molecule has 1 aliphatic rings. The lowest BCUT2D eigenvalue weighted by Crippen LogP contribution is -2.31. The smallest absolute Gasteiger partial charge is 0.0506 e. The Morgan fingerprint density at radius 2 is 2.36 bits per heavy atom. The molecule has 14 heavy (non-hydrogen) atoms. The van der Waals surface area contributed by atoms with E-state index in [9.17, 15) is 0 Å². The molecule has 0 bridgehead atoms. The average molecular weight is 215 g/mol. The lowest BCUT2D eigenvalue weighted by molar-refractivity contribution is 0.0434. The topological polar surface area (TPSA) is 12.5 Å². The van der Waals surface area contributed by atoms with Crippen molar-refractivity contribution in [3.63, 3.8) is 0 Å². The fourth-order valence-corrected chi connectivity index (χ4v) is 1.94. The maximum atomic E-state index is 5.45. The fourth-order valence-electron chi connectivity index (χ4n) is 1.80. The van der Waals surface area contributed by atoms with Gasteiger partial charge in [-0.2, -0.15) is 12.6 Å². The summed E-state index contributed by atoms with van der Waals surface area (Å²) in [6.45, 7) is 4.08. The first-order chi connectivity index (χ1) is 6.83. The molecule has 3 heteroatoms. The Morgan fingerprint density at radius 3 is 3.00 bits per heavy atom. The number of hydrogen-bond donors (Lipinski definition) is 1. The lowest BCUT2D eigenvalue weighted by Gasteiger charge is -2.26. The van der Waals surface area contributed by atoms with Crippen molar-refractivity contribution in [1.29, 1.82) is 0 Å². The van der Waals surface area contributed by atoms with E-state index in [1.165, 1.54) is 12.8 Å². The maximum absolute atomic E-state index is 5.45. The molecule has 0 N–H and O–H groups in total. The third kappa shape index (κ3) is 5.03. The van der Waals surface area contributed by atoms with Gasteiger partial charge in [0, 0.05) is 25.4 Å². The van der Waals surface area contributed by atoms with Gasteiger partial charge < -0.3 is 9.64 Å². The molecule has 0 spiro atoms. The summed E-state index contributed by atoms with van der Waals surface area (Å²) in [5.41, 5.74) is 0. The highest BCUT2D eigenvalue weighted by atomic mass is 32.1. The van der Waals surface area contributed by atoms with Crippen molar-refractivity contribution >= 4 is 12.6 Å². The van der Waals surface area contributed by atoms with Crippen LogP contribution < -0.4 is 0 Å². The van der Waals surface area contributed by atoms with Crippen LogP contribution in [-0.4, -0.2) is 44.0 Å². The molecule has 2 nitrogen and oxygen atoms in total. The van der Waals surface area contributed by atoms with Crippen LogP contribution >= 0.6 is 12.6 Å². The van der Waals surface area contributed by atoms with Crippen LogP contribution in [0.4, 0.5) is 0 Å². The highest BCUT2D eigenvalue weighted by Crippen LogP contribution is 2.14. The van der Waals surface area contributed by atoms with Crippen LogP contribution in [0.15, 0.2) is 12.2 Å². The van der Waals surface area contributed by atoms with E-state index in [1.807, 2.05) is 0 Å². The van der Waals surface area contributed by atoms with Crippen LogP contribution in [0, 0.1) is 5.92 Å². The summed E-state index contributed by atoms with van der Waals surface area (Å²) in [7, 11) is 2.16. The van der Waals surface area contributed by atoms with Gasteiger partial charge in [0.2, 0.25) is 0 Å². The van der Waals surface area contributed by atoms with Gasteiger partial charge in [0.05, 0.1) is 6.61 Å². The first-order valence-corrected chi connectivity index (χ1v) is 5.98. The van der Waals surface area contributed by atoms with E-state index < -0.39 is 0 Å². The maximum Gasteiger partial charge on any atom is 0.0506 e. The molecule has 82 valence electrons. The number of ether oxygens (including phenoxy) is 1. The Hall–Kier alpha value is 0.01000. The molecule has 0 aromatic heterocycles. The zero-order valence-corrected chi connectivity index (χ0v) is 9.88. The van der Waals surface area contributed by atoms with Gasteiger partial charge in [0.25, 0.3) is 0 Å². The zero-order valence-electron chi connectivity index (χ0n) is 8.98. The zero-order chi connectivity index (χ0) is 10.2. The van der Waals surface area contributed by atoms with E-state index in [-0.39, 0.29) is 0 Å². The second-order valence-corrected chi connectivity index (χ2v) is 4.32. The monoisotopic (exact) mass is 215 g/mol. The van der Waals surface area contributed by atoms with Crippen molar-refractivity contribution in [3.05, 3.63) is 12.2 Å². The van der Waals surface area contributed by atoms with Gasteiger partial charge in [-0.1, -0.05) is 12.2 Å². The number of nitrogens with zero attached hydrogens (tertiary/aromatic N) is 1. The minimum Gasteiger partial charge on any atom is -0.381 e. The first kappa shape index (κ1) is 12.1. The summed E-state index contributed by atoms with van der Waals surface area (Å²) in [5, 5.41) is 0. The van der Waals surface area contributed by atoms with E-state index >= 15 is 0 Å². The minimum absolute atomic E-state index is 0.734. The minimum atomic E-state index is 0.734. The predicted molar refractivity (Wildman–Crippen MR) is 64.0 cm³/mol. The predicted octanol–water partition coefficient (Wildman–Crippen LogP) is 1.83. The summed E-state index contributed by atoms with van der Waals surface area (Å²) in [6.07, 6.45) is 6.82. The molecular formula is C11H21NOS. The Balaban J connectivity index is 2.11. The Kier molecular flexibility index (Phi) is 6.32. The Bertz CT molecular complexity index is 167. The molecule has 1 aliphatic heterocycles. The number of rotatable bonds is 5. The SMILES string of the molecule is CN(CC=CCS)CC1CCCOC1. The van der Waals surface area contributed by atoms with Crippen LogP contribution in [0.25, 0.3) is 0 Å². The second-order valence-electron chi connectivity index (χ2n) is 3.96. The average Bonchev–Trinajstić information content (AvgIpc) is 2.20. The number of hydrogen-bond acceptors (Lipinski definition) is 3. The molecule has 0 aromatic rings. The van der Waals surface area contributed by atoms with E-state index in [4.69, 9.17) is 4.74 Å². The van der Waals surface area contributed by atoms with Crippen molar-refractivity contribution in [2.24, 2.45) is 5.92 Å². The number of thiol groups is 1. The number of likely N-dealkylation sites (N-methyl/N-ethyl adjacent to an activating group) is 1. The van der Waals surface area contributed by atoms with Gasteiger partial charge >= 0.3 is 0 Å². The van der Waals surface area contributed by atoms with Gasteiger partial charge in [-0.05, 0) is 25.8 Å². The molecule has 1 atom stereocenters. The standard InChI is InChI=1S/C11H21NOS/c1-12(6-2-3-8-14)9-11-5-4-7-13-10-11/h2-3,11,14H,4-10H2,1H3. The molecule has 0 aliphatic carbocycles. The van der Waals surface area contributed by atoms with Crippen molar-refractivity contribution < 1.29 is 4.74 Å². The van der Waals surface area contributed by atoms with E-state index in [0.29, 0.717) is 0 Å². The molecule has 0 amide bonds. The molecule has 1 fully saturated rings. The van der Waals surface area contributed by atoms with Crippen LogP contribution in [-0.2, 0) is 4.74 Å². The van der Waals surface area contributed by atoms with Gasteiger partial charge in [0.15, 0.2) is 0 Å². The summed E-state index contributed by atoms with van der Waals surface area (Å²) in [5.74, 6) is 1.57. The van der Waals surface area contributed by atoms with Crippen molar-refractivity contribution in [2.45, 2.75) is 12.8 Å². The van der Waals surface area contributed by atoms with E-state index in [2.05, 4.69) is 36.7 Å². The lowest BCUT2D eigenvalue weighted by atomic mass is 10.0. The van der Waals surface area contributed by atoms with Gasteiger partial charge in [-0.25, -0.2) is 0 Å². The van der Waals surface area contributed by atoms with Crippen LogP contribution in [0.3, 0.4) is 0 Å². The normalized spacial score (nSPS) is 23.5. The molecule has 0 radical (unpaired) electrons. The molecule has 0 aromatic carbocycles. The molecule has 1 unspecified atom stereocenters. The van der Waals surface area contributed by atoms with Crippen molar-refractivity contribution in [2.75, 3.05) is 39.1 Å². The molecule has 0 saturated carbocycles. The Morgan fingerprint density at radius 1 is 1.50 bits per heavy atom. The second kappa shape index (κ2) is 7.32. The summed E-state index contributed by atoms with van der Waals surface area (Å²) in [4.78, 5) is 2.35. The quantitative estimate of drug-likeness (QED) is 0.555. The van der Waals surface area contributed by atoms with E-state index in [1.54, 1.807) is 0 Å². The van der Waals surface area contributed by atoms with Crippen LogP contribution in [0.5, 0.6) is 0 Å². The summed E-state index contributed by atoms with van der Waals surface area (Å²) < 4.78 is 5.45. The Labute approximate surface area is 92.7 Å². The first-order valence-electron chi connectivity index (χ1n) is 5.35. The van der Waals surface area contributed by atoms with Gasteiger partial charge in [-0.15, -0.1) is 0 Å². The van der Waals surface area contributed by atoms with Gasteiger partial charge in [-0.3, -0.25) is 0 Å². The third-order valence-corrected chi connectivity index (χ3v) is 2.72. The van der Waals surface area contributed by atoms with Crippen molar-refractivity contribution in [1.82, 2.24) is 4.90 Å².